The van der Waals surface area contributed by atoms with E-state index in [9.17, 15) is 0 Å². The molecule has 0 saturated carbocycles. The second-order valence-electron chi connectivity index (χ2n) is 7.29. The lowest BCUT2D eigenvalue weighted by Crippen LogP contribution is -2.29. The largest absolute Gasteiger partial charge is 0.383 e. The summed E-state index contributed by atoms with van der Waals surface area (Å²) < 4.78 is 1.30. The molecule has 2 heterocycles. The summed E-state index contributed by atoms with van der Waals surface area (Å²) in [5, 5.41) is 4.47. The number of anilines is 1. The molecule has 3 nitrogen and oxygen atoms in total. The van der Waals surface area contributed by atoms with Crippen molar-refractivity contribution in [2.75, 3.05) is 24.5 Å². The number of piperidine rings is 1. The molecule has 29 heavy (non-hydrogen) atoms. The Labute approximate surface area is 179 Å². The highest BCUT2D eigenvalue weighted by Gasteiger charge is 2.18. The van der Waals surface area contributed by atoms with E-state index in [-0.39, 0.29) is 0 Å². The number of nitrogens with zero attached hydrogens (tertiary/aromatic N) is 2. The molecule has 4 rings (SSSR count). The molecule has 4 heteroatoms. The van der Waals surface area contributed by atoms with Crippen molar-refractivity contribution >= 4 is 32.9 Å². The number of thiazole rings is 1. The van der Waals surface area contributed by atoms with Gasteiger partial charge in [0.15, 0.2) is 0 Å². The van der Waals surface area contributed by atoms with Gasteiger partial charge in [-0.3, -0.25) is 0 Å². The zero-order valence-corrected chi connectivity index (χ0v) is 18.8. The number of hydrogen-bond acceptors (Lipinski definition) is 4. The molecule has 0 spiro atoms. The molecule has 0 bridgehead atoms. The van der Waals surface area contributed by atoms with Gasteiger partial charge in [-0.05, 0) is 49.8 Å². The van der Waals surface area contributed by atoms with Crippen LogP contribution in [0.1, 0.15) is 49.2 Å². The fourth-order valence-electron chi connectivity index (χ4n) is 3.71. The Kier molecular flexibility index (Phi) is 7.70. The fourth-order valence-corrected chi connectivity index (χ4v) is 4.84. The van der Waals surface area contributed by atoms with Crippen molar-refractivity contribution in [2.24, 2.45) is 0 Å². The predicted octanol–water partition coefficient (Wildman–Crippen LogP) is 6.42. The van der Waals surface area contributed by atoms with E-state index >= 15 is 0 Å². The van der Waals surface area contributed by atoms with Gasteiger partial charge in [-0.1, -0.05) is 56.8 Å². The monoisotopic (exact) mass is 407 g/mol. The van der Waals surface area contributed by atoms with Crippen molar-refractivity contribution < 1.29 is 0 Å². The highest BCUT2D eigenvalue weighted by Crippen LogP contribution is 2.36. The summed E-state index contributed by atoms with van der Waals surface area (Å²) in [4.78, 5) is 7.45. The highest BCUT2D eigenvalue weighted by molar-refractivity contribution is 7.20. The number of nitrogens with one attached hydrogen (secondary N) is 1. The third kappa shape index (κ3) is 5.18. The van der Waals surface area contributed by atoms with Gasteiger partial charge in [0.1, 0.15) is 5.01 Å². The van der Waals surface area contributed by atoms with Gasteiger partial charge in [-0.15, -0.1) is 11.3 Å². The Bertz CT molecular complexity index is 924. The lowest BCUT2D eigenvalue weighted by Gasteiger charge is -2.29. The molecule has 1 aromatic heterocycles. The maximum absolute atomic E-state index is 4.92. The molecule has 1 saturated heterocycles. The van der Waals surface area contributed by atoms with Crippen LogP contribution >= 0.6 is 11.3 Å². The summed E-state index contributed by atoms with van der Waals surface area (Å²) in [6.07, 6.45) is 4.91. The zero-order valence-electron chi connectivity index (χ0n) is 18.0. The Morgan fingerprint density at radius 3 is 2.52 bits per heavy atom. The highest BCUT2D eigenvalue weighted by atomic mass is 32.1. The van der Waals surface area contributed by atoms with Crippen molar-refractivity contribution in [2.45, 2.75) is 46.5 Å². The van der Waals surface area contributed by atoms with Crippen molar-refractivity contribution in [3.8, 4) is 0 Å². The van der Waals surface area contributed by atoms with E-state index in [1.807, 2.05) is 13.8 Å². The third-order valence-corrected chi connectivity index (χ3v) is 6.41. The topological polar surface area (TPSA) is 28.2 Å². The van der Waals surface area contributed by atoms with Crippen LogP contribution in [-0.4, -0.2) is 24.6 Å². The van der Waals surface area contributed by atoms with E-state index in [2.05, 4.69) is 66.2 Å². The zero-order chi connectivity index (χ0) is 20.6. The average Bonchev–Trinajstić information content (AvgIpc) is 3.23. The predicted molar refractivity (Wildman–Crippen MR) is 129 cm³/mol. The lowest BCUT2D eigenvalue weighted by molar-refractivity contribution is 0.579. The molecule has 0 aliphatic carbocycles. The Hall–Kier alpha value is -2.33. The standard InChI is InChI=1S/C23H27N3S.C2H6/c1-17-11-12-20(26-15-7-4-8-16-26)22-21(17)25-23(27-22)18(2)24-14-13-19-9-5-3-6-10-19;1-2/h3,5-6,9-12,24H,2,4,7-8,13-16H2,1H3;1-2H3. The molecule has 2 aromatic carbocycles. The number of fused-ring (bicyclic) bond motifs is 1. The van der Waals surface area contributed by atoms with Gasteiger partial charge in [0.25, 0.3) is 0 Å². The Morgan fingerprint density at radius 1 is 1.07 bits per heavy atom. The minimum absolute atomic E-state index is 0.872. The number of aryl methyl sites for hydroxylation is 1. The van der Waals surface area contributed by atoms with Gasteiger partial charge >= 0.3 is 0 Å². The fraction of sp³-hybridized carbons (Fsp3) is 0.400. The first-order chi connectivity index (χ1) is 14.2. The second-order valence-corrected chi connectivity index (χ2v) is 8.29. The van der Waals surface area contributed by atoms with Crippen LogP contribution in [0.5, 0.6) is 0 Å². The van der Waals surface area contributed by atoms with Gasteiger partial charge < -0.3 is 10.2 Å². The first-order valence-corrected chi connectivity index (χ1v) is 11.7. The average molecular weight is 408 g/mol. The minimum atomic E-state index is 0.872. The molecule has 0 unspecified atom stereocenters. The smallest absolute Gasteiger partial charge is 0.140 e. The molecule has 154 valence electrons. The molecule has 1 aliphatic heterocycles. The molecule has 0 atom stereocenters. The number of aromatic nitrogens is 1. The summed E-state index contributed by atoms with van der Waals surface area (Å²) in [6, 6.07) is 15.0. The van der Waals surface area contributed by atoms with E-state index in [1.165, 1.54) is 40.8 Å². The first-order valence-electron chi connectivity index (χ1n) is 10.8. The number of hydrogen-bond donors (Lipinski definition) is 1. The third-order valence-electron chi connectivity index (χ3n) is 5.27. The van der Waals surface area contributed by atoms with Crippen LogP contribution in [0.4, 0.5) is 5.69 Å². The van der Waals surface area contributed by atoms with Gasteiger partial charge in [0.05, 0.1) is 21.6 Å². The van der Waals surface area contributed by atoms with E-state index in [1.54, 1.807) is 11.3 Å². The van der Waals surface area contributed by atoms with Crippen LogP contribution in [0.25, 0.3) is 15.9 Å². The molecule has 1 aliphatic rings. The van der Waals surface area contributed by atoms with Crippen molar-refractivity contribution in [1.82, 2.24) is 10.3 Å². The van der Waals surface area contributed by atoms with Crippen LogP contribution in [-0.2, 0) is 6.42 Å². The second kappa shape index (κ2) is 10.4. The lowest BCUT2D eigenvalue weighted by atomic mass is 10.1. The first kappa shape index (κ1) is 21.4. The van der Waals surface area contributed by atoms with Crippen molar-refractivity contribution in [3.63, 3.8) is 0 Å². The maximum Gasteiger partial charge on any atom is 0.140 e. The van der Waals surface area contributed by atoms with Crippen molar-refractivity contribution in [3.05, 3.63) is 65.2 Å². The molecule has 0 amide bonds. The summed E-state index contributed by atoms with van der Waals surface area (Å²) in [7, 11) is 0. The molecule has 3 aromatic rings. The van der Waals surface area contributed by atoms with Gasteiger partial charge in [0.2, 0.25) is 0 Å². The SMILES string of the molecule is C=C(NCCc1ccccc1)c1nc2c(C)ccc(N3CCCCC3)c2s1.CC. The van der Waals surface area contributed by atoms with E-state index < -0.39 is 0 Å². The van der Waals surface area contributed by atoms with Crippen LogP contribution in [0.15, 0.2) is 49.0 Å². The molecular weight excluding hydrogens is 374 g/mol. The Morgan fingerprint density at radius 2 is 1.79 bits per heavy atom. The number of rotatable bonds is 6. The summed E-state index contributed by atoms with van der Waals surface area (Å²) >= 11 is 1.77. The van der Waals surface area contributed by atoms with Gasteiger partial charge in [-0.2, -0.15) is 0 Å². The quantitative estimate of drug-likeness (QED) is 0.511. The van der Waals surface area contributed by atoms with Crippen molar-refractivity contribution in [1.29, 1.82) is 0 Å². The van der Waals surface area contributed by atoms with E-state index in [0.717, 1.165) is 42.3 Å². The molecule has 1 fully saturated rings. The van der Waals surface area contributed by atoms with Gasteiger partial charge in [-0.25, -0.2) is 4.98 Å². The summed E-state index contributed by atoms with van der Waals surface area (Å²) in [5.41, 5.74) is 5.98. The molecule has 0 radical (unpaired) electrons. The molecular formula is C25H33N3S. The van der Waals surface area contributed by atoms with Crippen LogP contribution in [0.3, 0.4) is 0 Å². The molecule has 1 N–H and O–H groups in total. The minimum Gasteiger partial charge on any atom is -0.383 e. The van der Waals surface area contributed by atoms with E-state index in [0.29, 0.717) is 0 Å². The summed E-state index contributed by atoms with van der Waals surface area (Å²) in [6.45, 7) is 13.6. The van der Waals surface area contributed by atoms with Gasteiger partial charge in [0, 0.05) is 19.6 Å². The summed E-state index contributed by atoms with van der Waals surface area (Å²) in [5.74, 6) is 0. The van der Waals surface area contributed by atoms with Crippen LogP contribution in [0.2, 0.25) is 0 Å². The van der Waals surface area contributed by atoms with Crippen LogP contribution < -0.4 is 10.2 Å². The van der Waals surface area contributed by atoms with Crippen LogP contribution in [0, 0.1) is 6.92 Å². The number of benzene rings is 2. The van der Waals surface area contributed by atoms with E-state index in [4.69, 9.17) is 4.98 Å². The Balaban J connectivity index is 0.00000117. The normalized spacial score (nSPS) is 13.7. The maximum atomic E-state index is 4.92.